The maximum Gasteiger partial charge on any atom is 0.308 e. The van der Waals surface area contributed by atoms with Crippen molar-refractivity contribution in [1.29, 1.82) is 0 Å². The van der Waals surface area contributed by atoms with E-state index in [2.05, 4.69) is 17.9 Å². The van der Waals surface area contributed by atoms with Crippen molar-refractivity contribution in [3.8, 4) is 17.2 Å². The summed E-state index contributed by atoms with van der Waals surface area (Å²) in [4.78, 5) is 30.3. The second-order valence-electron chi connectivity index (χ2n) is 10.6. The molecule has 40 heavy (non-hydrogen) atoms. The molecule has 0 saturated carbocycles. The van der Waals surface area contributed by atoms with Crippen molar-refractivity contribution in [2.24, 2.45) is 11.7 Å². The molecule has 1 saturated heterocycles. The number of hydrogen-bond donors (Lipinski definition) is 2. The van der Waals surface area contributed by atoms with Crippen LogP contribution in [0.2, 0.25) is 0 Å². The average molecular weight is 554 g/mol. The molecule has 0 aromatic heterocycles. The quantitative estimate of drug-likeness (QED) is 0.344. The van der Waals surface area contributed by atoms with Gasteiger partial charge in [-0.1, -0.05) is 37.6 Å². The van der Waals surface area contributed by atoms with Gasteiger partial charge in [-0.3, -0.25) is 14.5 Å². The number of para-hydroxylation sites is 2. The Morgan fingerprint density at radius 1 is 1.15 bits per heavy atom. The third-order valence-electron chi connectivity index (χ3n) is 8.02. The van der Waals surface area contributed by atoms with Crippen LogP contribution in [0, 0.1) is 5.92 Å². The van der Waals surface area contributed by atoms with Gasteiger partial charge < -0.3 is 30.0 Å². The van der Waals surface area contributed by atoms with Crippen molar-refractivity contribution in [3.05, 3.63) is 53.6 Å². The topological polar surface area (TPSA) is 115 Å². The van der Waals surface area contributed by atoms with E-state index in [-0.39, 0.29) is 24.4 Å². The van der Waals surface area contributed by atoms with Crippen molar-refractivity contribution in [1.82, 2.24) is 9.80 Å². The zero-order valence-corrected chi connectivity index (χ0v) is 23.7. The number of ether oxygens (including phenoxy) is 3. The van der Waals surface area contributed by atoms with Gasteiger partial charge in [0.1, 0.15) is 5.75 Å². The number of nitrogens with zero attached hydrogens (tertiary/aromatic N) is 2. The number of carboxylic acid groups (broad SMARTS) is 1. The van der Waals surface area contributed by atoms with E-state index in [0.717, 1.165) is 42.6 Å². The standard InChI is InChI=1S/C31H43N3O6/c1-3-4-15-33(16-7-14-32)29(35)21-34-20-24(22-10-11-26-23(19-22)12-17-39-26)30(31(36)37)25(34)13-18-40-28-9-6-5-8-27(28)38-2/h5-6,8-11,19,24-25,30H,3-4,7,12-18,20-21,32H2,1-2H3,(H,36,37)/t24-,25+,30?/m1/s1. The average Bonchev–Trinajstić information content (AvgIpc) is 3.57. The van der Waals surface area contributed by atoms with Crippen molar-refractivity contribution in [2.75, 3.05) is 53.0 Å². The maximum atomic E-state index is 13.5. The summed E-state index contributed by atoms with van der Waals surface area (Å²) in [6.45, 7) is 5.52. The van der Waals surface area contributed by atoms with Crippen LogP contribution in [-0.2, 0) is 16.0 Å². The molecule has 3 N–H and O–H groups in total. The first-order valence-electron chi connectivity index (χ1n) is 14.4. The molecule has 2 aliphatic heterocycles. The molecule has 1 amide bonds. The highest BCUT2D eigenvalue weighted by atomic mass is 16.5. The third kappa shape index (κ3) is 7.06. The number of methoxy groups -OCH3 is 1. The van der Waals surface area contributed by atoms with Crippen LogP contribution in [-0.4, -0.2) is 85.9 Å². The number of likely N-dealkylation sites (tertiary alicyclic amines) is 1. The zero-order chi connectivity index (χ0) is 28.5. The number of hydrogen-bond acceptors (Lipinski definition) is 7. The Hall–Kier alpha value is -3.30. The molecule has 2 heterocycles. The lowest BCUT2D eigenvalue weighted by atomic mass is 9.83. The number of aliphatic carboxylic acids is 1. The van der Waals surface area contributed by atoms with E-state index in [1.54, 1.807) is 7.11 Å². The van der Waals surface area contributed by atoms with Gasteiger partial charge in [-0.2, -0.15) is 0 Å². The summed E-state index contributed by atoms with van der Waals surface area (Å²) in [5.41, 5.74) is 7.83. The molecule has 0 bridgehead atoms. The lowest BCUT2D eigenvalue weighted by Crippen LogP contribution is -2.45. The fourth-order valence-corrected chi connectivity index (χ4v) is 5.92. The maximum absolute atomic E-state index is 13.5. The van der Waals surface area contributed by atoms with Gasteiger partial charge >= 0.3 is 5.97 Å². The van der Waals surface area contributed by atoms with Crippen LogP contribution in [0.4, 0.5) is 0 Å². The minimum absolute atomic E-state index is 0.0182. The minimum atomic E-state index is -0.857. The Morgan fingerprint density at radius 2 is 1.93 bits per heavy atom. The minimum Gasteiger partial charge on any atom is -0.493 e. The van der Waals surface area contributed by atoms with E-state index < -0.39 is 11.9 Å². The van der Waals surface area contributed by atoms with Gasteiger partial charge in [0.25, 0.3) is 0 Å². The Labute approximate surface area is 237 Å². The Kier molecular flexibility index (Phi) is 10.7. The zero-order valence-electron chi connectivity index (χ0n) is 23.7. The summed E-state index contributed by atoms with van der Waals surface area (Å²) >= 11 is 0. The molecule has 9 heteroatoms. The molecule has 0 spiro atoms. The number of rotatable bonds is 15. The van der Waals surface area contributed by atoms with E-state index in [1.165, 1.54) is 0 Å². The Morgan fingerprint density at radius 3 is 2.65 bits per heavy atom. The monoisotopic (exact) mass is 553 g/mol. The van der Waals surface area contributed by atoms with E-state index >= 15 is 0 Å². The van der Waals surface area contributed by atoms with Crippen molar-refractivity contribution >= 4 is 11.9 Å². The normalized spacial score (nSPS) is 20.1. The smallest absolute Gasteiger partial charge is 0.308 e. The number of fused-ring (bicyclic) bond motifs is 1. The molecular formula is C31H43N3O6. The summed E-state index contributed by atoms with van der Waals surface area (Å²) < 4.78 is 17.1. The molecular weight excluding hydrogens is 510 g/mol. The van der Waals surface area contributed by atoms with Crippen LogP contribution in [0.5, 0.6) is 17.2 Å². The highest BCUT2D eigenvalue weighted by molar-refractivity contribution is 5.79. The van der Waals surface area contributed by atoms with Crippen molar-refractivity contribution in [2.45, 2.75) is 51.0 Å². The number of nitrogens with two attached hydrogens (primary N) is 1. The fourth-order valence-electron chi connectivity index (χ4n) is 5.92. The van der Waals surface area contributed by atoms with Gasteiger partial charge in [-0.25, -0.2) is 0 Å². The molecule has 1 unspecified atom stereocenters. The summed E-state index contributed by atoms with van der Waals surface area (Å²) in [6, 6.07) is 13.1. The van der Waals surface area contributed by atoms with E-state index in [1.807, 2.05) is 41.3 Å². The molecule has 0 aliphatic carbocycles. The fraction of sp³-hybridized carbons (Fsp3) is 0.548. The first kappa shape index (κ1) is 29.7. The summed E-state index contributed by atoms with van der Waals surface area (Å²) in [7, 11) is 1.59. The SMILES string of the molecule is CCCCN(CCCN)C(=O)CN1C[C@H](c2ccc3c(c2)CCO3)C(C(=O)O)[C@@H]1CCOc1ccccc1OC. The van der Waals surface area contributed by atoms with Crippen LogP contribution < -0.4 is 19.9 Å². The largest absolute Gasteiger partial charge is 0.493 e. The van der Waals surface area contributed by atoms with E-state index in [4.69, 9.17) is 19.9 Å². The second-order valence-corrected chi connectivity index (χ2v) is 10.6. The highest BCUT2D eigenvalue weighted by Crippen LogP contribution is 2.41. The molecule has 4 rings (SSSR count). The number of carbonyl (C=O) groups is 2. The Bertz CT molecular complexity index is 1130. The van der Waals surface area contributed by atoms with E-state index in [9.17, 15) is 14.7 Å². The lowest BCUT2D eigenvalue weighted by Gasteiger charge is -2.29. The van der Waals surface area contributed by atoms with E-state index in [0.29, 0.717) is 57.3 Å². The molecule has 1 fully saturated rings. The number of unbranched alkanes of at least 4 members (excludes halogenated alkanes) is 1. The van der Waals surface area contributed by atoms with Crippen LogP contribution in [0.25, 0.3) is 0 Å². The molecule has 218 valence electrons. The van der Waals surface area contributed by atoms with Gasteiger partial charge in [0, 0.05) is 38.0 Å². The highest BCUT2D eigenvalue weighted by Gasteiger charge is 2.47. The second kappa shape index (κ2) is 14.4. The molecule has 2 aromatic rings. The van der Waals surface area contributed by atoms with Crippen LogP contribution in [0.15, 0.2) is 42.5 Å². The summed E-state index contributed by atoms with van der Waals surface area (Å²) in [6.07, 6.45) is 3.93. The van der Waals surface area contributed by atoms with Crippen molar-refractivity contribution < 1.29 is 28.9 Å². The number of carboxylic acids is 1. The summed E-state index contributed by atoms with van der Waals surface area (Å²) in [5, 5.41) is 10.5. The predicted octanol–water partition coefficient (Wildman–Crippen LogP) is 3.55. The van der Waals surface area contributed by atoms with Crippen molar-refractivity contribution in [3.63, 3.8) is 0 Å². The number of carbonyl (C=O) groups excluding carboxylic acids is 1. The molecule has 2 aromatic carbocycles. The Balaban J connectivity index is 1.57. The van der Waals surface area contributed by atoms with Gasteiger partial charge in [-0.05, 0) is 55.1 Å². The van der Waals surface area contributed by atoms with Crippen LogP contribution in [0.3, 0.4) is 0 Å². The van der Waals surface area contributed by atoms with Gasteiger partial charge in [0.15, 0.2) is 11.5 Å². The summed E-state index contributed by atoms with van der Waals surface area (Å²) in [5.74, 6) is 0.340. The molecule has 9 nitrogen and oxygen atoms in total. The molecule has 0 radical (unpaired) electrons. The van der Waals surface area contributed by atoms with Gasteiger partial charge in [0.2, 0.25) is 5.91 Å². The lowest BCUT2D eigenvalue weighted by molar-refractivity contribution is -0.144. The van der Waals surface area contributed by atoms with Gasteiger partial charge in [0.05, 0.1) is 32.8 Å². The third-order valence-corrected chi connectivity index (χ3v) is 8.02. The predicted molar refractivity (Wildman–Crippen MR) is 153 cm³/mol. The first-order valence-corrected chi connectivity index (χ1v) is 14.4. The van der Waals surface area contributed by atoms with Crippen LogP contribution >= 0.6 is 0 Å². The number of benzene rings is 2. The number of amides is 1. The van der Waals surface area contributed by atoms with Crippen LogP contribution in [0.1, 0.15) is 49.7 Å². The molecule has 3 atom stereocenters. The molecule has 2 aliphatic rings. The first-order chi connectivity index (χ1) is 19.5. The van der Waals surface area contributed by atoms with Gasteiger partial charge in [-0.15, -0.1) is 0 Å².